The van der Waals surface area contributed by atoms with Crippen LogP contribution in [0.15, 0.2) is 0 Å². The summed E-state index contributed by atoms with van der Waals surface area (Å²) in [5.41, 5.74) is 10.8. The van der Waals surface area contributed by atoms with E-state index in [4.69, 9.17) is 26.8 Å². The van der Waals surface area contributed by atoms with Crippen molar-refractivity contribution in [3.63, 3.8) is 0 Å². The number of amides is 4. The van der Waals surface area contributed by atoms with Crippen LogP contribution in [0.25, 0.3) is 0 Å². The van der Waals surface area contributed by atoms with E-state index in [0.717, 1.165) is 0 Å². The molecule has 0 aliphatic carbocycles. The predicted octanol–water partition coefficient (Wildman–Crippen LogP) is -3.76. The fourth-order valence-electron chi connectivity index (χ4n) is 2.25. The summed E-state index contributed by atoms with van der Waals surface area (Å²) in [7, 11) is 0. The van der Waals surface area contributed by atoms with Gasteiger partial charge in [0.2, 0.25) is 23.6 Å². The largest absolute Gasteiger partial charge is 0.481 e. The second-order valence-electron chi connectivity index (χ2n) is 7.08. The number of primary amides is 1. The predicted molar refractivity (Wildman–Crippen MR) is 104 cm³/mol. The average Bonchev–Trinajstić information content (AvgIpc) is 2.66. The van der Waals surface area contributed by atoms with Crippen molar-refractivity contribution in [2.75, 3.05) is 6.61 Å². The zero-order valence-electron chi connectivity index (χ0n) is 17.2. The molecule has 0 aliphatic heterocycles. The van der Waals surface area contributed by atoms with Crippen molar-refractivity contribution >= 4 is 35.6 Å². The quantitative estimate of drug-likeness (QED) is 0.129. The molecule has 0 saturated carbocycles. The van der Waals surface area contributed by atoms with Gasteiger partial charge in [0.05, 0.1) is 19.1 Å². The van der Waals surface area contributed by atoms with Gasteiger partial charge < -0.3 is 42.7 Å². The zero-order valence-corrected chi connectivity index (χ0v) is 17.2. The molecule has 0 aromatic heterocycles. The number of hydrogen-bond donors (Lipinski definition) is 8. The van der Waals surface area contributed by atoms with E-state index in [1.54, 1.807) is 13.8 Å². The van der Waals surface area contributed by atoms with Crippen molar-refractivity contribution in [2.45, 2.75) is 57.3 Å². The molecule has 0 spiro atoms. The number of carboxylic acid groups (broad SMARTS) is 2. The van der Waals surface area contributed by atoms with Crippen molar-refractivity contribution in [1.82, 2.24) is 16.0 Å². The highest BCUT2D eigenvalue weighted by Gasteiger charge is 2.31. The van der Waals surface area contributed by atoms with Crippen LogP contribution in [0.2, 0.25) is 0 Å². The lowest BCUT2D eigenvalue weighted by Crippen LogP contribution is -2.58. The third-order valence-corrected chi connectivity index (χ3v) is 4.14. The highest BCUT2D eigenvalue weighted by atomic mass is 16.4. The maximum atomic E-state index is 12.6. The second kappa shape index (κ2) is 13.1. The molecule has 14 heteroatoms. The van der Waals surface area contributed by atoms with Gasteiger partial charge in [0.15, 0.2) is 0 Å². The Balaban J connectivity index is 5.51. The van der Waals surface area contributed by atoms with E-state index in [1.807, 2.05) is 5.32 Å². The van der Waals surface area contributed by atoms with Gasteiger partial charge in [0, 0.05) is 6.42 Å². The minimum Gasteiger partial charge on any atom is -0.481 e. The maximum Gasteiger partial charge on any atom is 0.328 e. The van der Waals surface area contributed by atoms with Gasteiger partial charge in [0.1, 0.15) is 18.1 Å². The van der Waals surface area contributed by atoms with Crippen LogP contribution in [-0.4, -0.2) is 81.7 Å². The lowest BCUT2D eigenvalue weighted by atomic mass is 10.0. The van der Waals surface area contributed by atoms with Crippen LogP contribution in [0.4, 0.5) is 0 Å². The summed E-state index contributed by atoms with van der Waals surface area (Å²) in [5, 5.41) is 33.2. The molecule has 0 rings (SSSR count). The van der Waals surface area contributed by atoms with Gasteiger partial charge in [0.25, 0.3) is 0 Å². The Morgan fingerprint density at radius 2 is 1.32 bits per heavy atom. The average molecular weight is 447 g/mol. The Morgan fingerprint density at radius 1 is 0.839 bits per heavy atom. The molecule has 31 heavy (non-hydrogen) atoms. The molecule has 0 aromatic carbocycles. The number of aliphatic carboxylic acids is 2. The van der Waals surface area contributed by atoms with E-state index >= 15 is 0 Å². The number of carbonyl (C=O) groups excluding carboxylic acids is 4. The third kappa shape index (κ3) is 10.4. The fourth-order valence-corrected chi connectivity index (χ4v) is 2.25. The van der Waals surface area contributed by atoms with Gasteiger partial charge in [-0.15, -0.1) is 0 Å². The molecule has 176 valence electrons. The number of nitrogens with one attached hydrogen (secondary N) is 3. The number of aliphatic hydroxyl groups excluding tert-OH is 1. The number of aliphatic hydroxyl groups is 1. The molecule has 0 fully saturated rings. The topological polar surface area (TPSA) is 251 Å². The van der Waals surface area contributed by atoms with Crippen LogP contribution in [-0.2, 0) is 28.8 Å². The molecule has 0 heterocycles. The van der Waals surface area contributed by atoms with Crippen molar-refractivity contribution in [3.05, 3.63) is 0 Å². The Hall–Kier alpha value is -3.26. The van der Waals surface area contributed by atoms with E-state index in [-0.39, 0.29) is 5.92 Å². The first-order valence-corrected chi connectivity index (χ1v) is 9.30. The van der Waals surface area contributed by atoms with Crippen molar-refractivity contribution in [2.24, 2.45) is 17.4 Å². The first-order valence-electron chi connectivity index (χ1n) is 9.30. The first kappa shape index (κ1) is 27.7. The lowest BCUT2D eigenvalue weighted by molar-refractivity contribution is -0.144. The molecular formula is C17H29N5O9. The molecule has 0 saturated heterocycles. The van der Waals surface area contributed by atoms with Crippen molar-refractivity contribution in [3.8, 4) is 0 Å². The standard InChI is InChI=1S/C17H29N5O9/c1-7(2)13(19)16(29)21-9(5-11(18)24)15(28)20-8(3-4-12(25)26)14(27)22-10(6-23)17(30)31/h7-10,13,23H,3-6,19H2,1-2H3,(H2,18,24)(H,20,28)(H,21,29)(H,22,27)(H,25,26)(H,30,31). The minimum atomic E-state index is -1.69. The Bertz CT molecular complexity index is 697. The molecule has 0 radical (unpaired) electrons. The molecule has 4 amide bonds. The molecule has 0 aliphatic rings. The highest BCUT2D eigenvalue weighted by Crippen LogP contribution is 2.04. The molecule has 4 unspecified atom stereocenters. The summed E-state index contributed by atoms with van der Waals surface area (Å²) in [4.78, 5) is 70.2. The first-order chi connectivity index (χ1) is 14.3. The summed E-state index contributed by atoms with van der Waals surface area (Å²) in [6, 6.07) is -5.75. The summed E-state index contributed by atoms with van der Waals surface area (Å²) >= 11 is 0. The molecule has 0 bridgehead atoms. The highest BCUT2D eigenvalue weighted by molar-refractivity contribution is 5.96. The minimum absolute atomic E-state index is 0.294. The van der Waals surface area contributed by atoms with Crippen LogP contribution in [0, 0.1) is 5.92 Å². The zero-order chi connectivity index (χ0) is 24.3. The number of rotatable bonds is 14. The second-order valence-corrected chi connectivity index (χ2v) is 7.08. The Kier molecular flexibility index (Phi) is 11.7. The molecule has 0 aromatic rings. The van der Waals surface area contributed by atoms with Gasteiger partial charge in [-0.05, 0) is 12.3 Å². The van der Waals surface area contributed by atoms with Crippen LogP contribution in [0.5, 0.6) is 0 Å². The maximum absolute atomic E-state index is 12.6. The van der Waals surface area contributed by atoms with Crippen molar-refractivity contribution < 1.29 is 44.1 Å². The van der Waals surface area contributed by atoms with E-state index in [9.17, 15) is 28.8 Å². The van der Waals surface area contributed by atoms with Gasteiger partial charge in [-0.3, -0.25) is 24.0 Å². The summed E-state index contributed by atoms with van der Waals surface area (Å²) in [6.07, 6.45) is -1.64. The smallest absolute Gasteiger partial charge is 0.328 e. The Labute approximate surface area is 177 Å². The van der Waals surface area contributed by atoms with Crippen molar-refractivity contribution in [1.29, 1.82) is 0 Å². The van der Waals surface area contributed by atoms with Gasteiger partial charge in [-0.1, -0.05) is 13.8 Å². The summed E-state index contributed by atoms with van der Waals surface area (Å²) in [5.74, 6) is -6.97. The number of carbonyl (C=O) groups is 6. The van der Waals surface area contributed by atoms with E-state index < -0.39 is 85.6 Å². The monoisotopic (exact) mass is 447 g/mol. The van der Waals surface area contributed by atoms with Crippen LogP contribution in [0.3, 0.4) is 0 Å². The van der Waals surface area contributed by atoms with E-state index in [2.05, 4.69) is 10.6 Å². The molecule has 4 atom stereocenters. The molecule has 10 N–H and O–H groups in total. The normalized spacial score (nSPS) is 14.6. The number of carboxylic acids is 2. The van der Waals surface area contributed by atoms with Crippen LogP contribution in [0.1, 0.15) is 33.1 Å². The van der Waals surface area contributed by atoms with Gasteiger partial charge in [-0.2, -0.15) is 0 Å². The van der Waals surface area contributed by atoms with Gasteiger partial charge in [-0.25, -0.2) is 4.79 Å². The van der Waals surface area contributed by atoms with Gasteiger partial charge >= 0.3 is 11.9 Å². The summed E-state index contributed by atoms with van der Waals surface area (Å²) in [6.45, 7) is 2.35. The SMILES string of the molecule is CC(C)C(N)C(=O)NC(CC(N)=O)C(=O)NC(CCC(=O)O)C(=O)NC(CO)C(=O)O. The van der Waals surface area contributed by atoms with E-state index in [1.165, 1.54) is 0 Å². The molecule has 14 nitrogen and oxygen atoms in total. The summed E-state index contributed by atoms with van der Waals surface area (Å²) < 4.78 is 0. The molecular weight excluding hydrogens is 418 g/mol. The van der Waals surface area contributed by atoms with E-state index in [0.29, 0.717) is 0 Å². The number of nitrogens with two attached hydrogens (primary N) is 2. The van der Waals surface area contributed by atoms with Crippen LogP contribution >= 0.6 is 0 Å². The lowest BCUT2D eigenvalue weighted by Gasteiger charge is -2.24. The van der Waals surface area contributed by atoms with Crippen LogP contribution < -0.4 is 27.4 Å². The Morgan fingerprint density at radius 3 is 1.74 bits per heavy atom. The number of hydrogen-bond acceptors (Lipinski definition) is 8. The third-order valence-electron chi connectivity index (χ3n) is 4.14. The fraction of sp³-hybridized carbons (Fsp3) is 0.647.